The summed E-state index contributed by atoms with van der Waals surface area (Å²) in [5.41, 5.74) is 1.73. The summed E-state index contributed by atoms with van der Waals surface area (Å²) >= 11 is 0. The molecule has 0 aliphatic carbocycles. The van der Waals surface area contributed by atoms with E-state index in [1.807, 2.05) is 49.4 Å². The molecule has 0 bridgehead atoms. The molecule has 3 atom stereocenters. The van der Waals surface area contributed by atoms with Crippen LogP contribution in [0.1, 0.15) is 24.1 Å². The Bertz CT molecular complexity index is 746. The highest BCUT2D eigenvalue weighted by atomic mass is 31.2. The summed E-state index contributed by atoms with van der Waals surface area (Å²) in [6, 6.07) is 14.6. The third-order valence-electron chi connectivity index (χ3n) is 4.30. The van der Waals surface area contributed by atoms with E-state index >= 15 is 0 Å². The number of aliphatic hydroxyl groups is 1. The van der Waals surface area contributed by atoms with E-state index in [0.29, 0.717) is 11.5 Å². The summed E-state index contributed by atoms with van der Waals surface area (Å²) in [5.74, 6) is 1.36. The van der Waals surface area contributed by atoms with Gasteiger partial charge < -0.3 is 24.8 Å². The van der Waals surface area contributed by atoms with Gasteiger partial charge in [0.1, 0.15) is 11.5 Å². The van der Waals surface area contributed by atoms with E-state index < -0.39 is 13.5 Å². The van der Waals surface area contributed by atoms with Crippen molar-refractivity contribution in [3.63, 3.8) is 0 Å². The van der Waals surface area contributed by atoms with Crippen molar-refractivity contribution in [3.8, 4) is 11.5 Å². The van der Waals surface area contributed by atoms with Crippen molar-refractivity contribution in [3.05, 3.63) is 59.7 Å². The zero-order valence-electron chi connectivity index (χ0n) is 16.0. The molecule has 2 aromatic carbocycles. The Hall–Kier alpha value is -1.85. The lowest BCUT2D eigenvalue weighted by molar-refractivity contribution is 0.186. The fraction of sp³-hybridized carbons (Fsp3) is 0.400. The van der Waals surface area contributed by atoms with E-state index in [2.05, 4.69) is 5.32 Å². The van der Waals surface area contributed by atoms with E-state index in [0.717, 1.165) is 11.1 Å². The number of hydrogen-bond acceptors (Lipinski definition) is 5. The zero-order valence-corrected chi connectivity index (χ0v) is 16.9. The van der Waals surface area contributed by atoms with Gasteiger partial charge in [-0.15, -0.1) is 0 Å². The smallest absolute Gasteiger partial charge is 0.207 e. The predicted octanol–water partition coefficient (Wildman–Crippen LogP) is 3.19. The first-order chi connectivity index (χ1) is 12.8. The molecule has 0 amide bonds. The second-order valence-corrected chi connectivity index (χ2v) is 8.98. The van der Waals surface area contributed by atoms with E-state index in [-0.39, 0.29) is 24.9 Å². The molecule has 2 aromatic rings. The average molecular weight is 393 g/mol. The predicted molar refractivity (Wildman–Crippen MR) is 107 cm³/mol. The summed E-state index contributed by atoms with van der Waals surface area (Å²) in [6.07, 6.45) is -1.00. The van der Waals surface area contributed by atoms with Crippen molar-refractivity contribution in [2.24, 2.45) is 0 Å². The van der Waals surface area contributed by atoms with Crippen molar-refractivity contribution in [2.45, 2.75) is 25.2 Å². The van der Waals surface area contributed by atoms with Crippen LogP contribution in [0.2, 0.25) is 0 Å². The molecule has 0 saturated heterocycles. The van der Waals surface area contributed by atoms with Crippen molar-refractivity contribution in [2.75, 3.05) is 26.9 Å². The lowest BCUT2D eigenvalue weighted by Gasteiger charge is -2.20. The minimum atomic E-state index is -3.46. The molecule has 0 aliphatic heterocycles. The average Bonchev–Trinajstić information content (AvgIpc) is 2.65. The number of hydrogen-bond donors (Lipinski definition) is 3. The van der Waals surface area contributed by atoms with Gasteiger partial charge in [0.05, 0.1) is 26.5 Å². The van der Waals surface area contributed by atoms with E-state index in [1.165, 1.54) is 0 Å². The van der Waals surface area contributed by atoms with E-state index in [1.54, 1.807) is 20.3 Å². The number of benzene rings is 2. The minimum absolute atomic E-state index is 0.0630. The third kappa shape index (κ3) is 7.00. The minimum Gasteiger partial charge on any atom is -0.497 e. The molecule has 0 aliphatic rings. The lowest BCUT2D eigenvalue weighted by Crippen LogP contribution is -2.31. The molecule has 148 valence electrons. The summed E-state index contributed by atoms with van der Waals surface area (Å²) < 4.78 is 22.9. The van der Waals surface area contributed by atoms with Crippen molar-refractivity contribution < 1.29 is 24.0 Å². The van der Waals surface area contributed by atoms with Crippen molar-refractivity contribution in [1.29, 1.82) is 0 Å². The van der Waals surface area contributed by atoms with Gasteiger partial charge in [0.15, 0.2) is 0 Å². The van der Waals surface area contributed by atoms with Crippen LogP contribution in [0.5, 0.6) is 11.5 Å². The molecule has 27 heavy (non-hydrogen) atoms. The SMILES string of the molecule is COc1cc(OC)cc(C(C)NCC(O)CP(=O)(O)Cc2ccccc2)c1. The topological polar surface area (TPSA) is 88.0 Å². The Labute approximate surface area is 160 Å². The van der Waals surface area contributed by atoms with Gasteiger partial charge in [0, 0.05) is 24.8 Å². The standard InChI is InChI=1S/C20H28NO5P/c1-15(17-9-19(25-2)11-20(10-17)26-3)21-12-18(22)14-27(23,24)13-16-7-5-4-6-8-16/h4-11,15,18,21-22H,12-14H2,1-3H3,(H,23,24). The molecule has 6 nitrogen and oxygen atoms in total. The zero-order chi connectivity index (χ0) is 19.9. The second-order valence-electron chi connectivity index (χ2n) is 6.60. The normalized spacial score (nSPS) is 15.6. The summed E-state index contributed by atoms with van der Waals surface area (Å²) in [6.45, 7) is 2.16. The fourth-order valence-electron chi connectivity index (χ4n) is 2.84. The van der Waals surface area contributed by atoms with Gasteiger partial charge >= 0.3 is 0 Å². The Kier molecular flexibility index (Phi) is 7.87. The Morgan fingerprint density at radius 3 is 2.22 bits per heavy atom. The summed E-state index contributed by atoms with van der Waals surface area (Å²) in [4.78, 5) is 10.2. The largest absolute Gasteiger partial charge is 0.497 e. The molecular weight excluding hydrogens is 365 g/mol. The van der Waals surface area contributed by atoms with Crippen LogP contribution in [0.3, 0.4) is 0 Å². The molecule has 3 N–H and O–H groups in total. The Balaban J connectivity index is 1.90. The van der Waals surface area contributed by atoms with Gasteiger partial charge in [-0.1, -0.05) is 30.3 Å². The summed E-state index contributed by atoms with van der Waals surface area (Å²) in [5, 5.41) is 13.4. The van der Waals surface area contributed by atoms with Crippen LogP contribution in [-0.2, 0) is 10.7 Å². The van der Waals surface area contributed by atoms with Crippen LogP contribution < -0.4 is 14.8 Å². The fourth-order valence-corrected chi connectivity index (χ4v) is 4.54. The van der Waals surface area contributed by atoms with Crippen LogP contribution >= 0.6 is 7.37 Å². The quantitative estimate of drug-likeness (QED) is 0.538. The van der Waals surface area contributed by atoms with Gasteiger partial charge in [-0.2, -0.15) is 0 Å². The Morgan fingerprint density at radius 1 is 1.07 bits per heavy atom. The van der Waals surface area contributed by atoms with Crippen LogP contribution in [0.4, 0.5) is 0 Å². The molecule has 3 unspecified atom stereocenters. The van der Waals surface area contributed by atoms with Gasteiger partial charge in [-0.05, 0) is 30.2 Å². The van der Waals surface area contributed by atoms with Gasteiger partial charge in [0.2, 0.25) is 7.37 Å². The monoisotopic (exact) mass is 393 g/mol. The van der Waals surface area contributed by atoms with Gasteiger partial charge in [-0.25, -0.2) is 0 Å². The molecule has 0 saturated carbocycles. The molecular formula is C20H28NO5P. The van der Waals surface area contributed by atoms with E-state index in [9.17, 15) is 14.6 Å². The van der Waals surface area contributed by atoms with Crippen LogP contribution in [-0.4, -0.2) is 43.0 Å². The lowest BCUT2D eigenvalue weighted by atomic mass is 10.1. The molecule has 7 heteroatoms. The summed E-state index contributed by atoms with van der Waals surface area (Å²) in [7, 11) is -0.279. The third-order valence-corrected chi connectivity index (χ3v) is 6.15. The second kappa shape index (κ2) is 9.90. The molecule has 2 rings (SSSR count). The number of methoxy groups -OCH3 is 2. The van der Waals surface area contributed by atoms with Gasteiger partial charge in [0.25, 0.3) is 0 Å². The van der Waals surface area contributed by atoms with Crippen LogP contribution in [0.25, 0.3) is 0 Å². The maximum Gasteiger partial charge on any atom is 0.207 e. The Morgan fingerprint density at radius 2 is 1.67 bits per heavy atom. The number of rotatable bonds is 10. The van der Waals surface area contributed by atoms with Crippen molar-refractivity contribution >= 4 is 7.37 Å². The molecule has 0 fully saturated rings. The molecule has 0 radical (unpaired) electrons. The van der Waals surface area contributed by atoms with Crippen LogP contribution in [0, 0.1) is 0 Å². The highest BCUT2D eigenvalue weighted by molar-refractivity contribution is 7.57. The number of ether oxygens (including phenoxy) is 2. The first kappa shape index (κ1) is 21.5. The maximum absolute atomic E-state index is 12.4. The number of nitrogens with one attached hydrogen (secondary N) is 1. The highest BCUT2D eigenvalue weighted by Crippen LogP contribution is 2.44. The first-order valence-electron chi connectivity index (χ1n) is 8.82. The number of aliphatic hydroxyl groups excluding tert-OH is 1. The van der Waals surface area contributed by atoms with Crippen LogP contribution in [0.15, 0.2) is 48.5 Å². The highest BCUT2D eigenvalue weighted by Gasteiger charge is 2.24. The first-order valence-corrected chi connectivity index (χ1v) is 10.8. The van der Waals surface area contributed by atoms with Gasteiger partial charge in [-0.3, -0.25) is 4.57 Å². The van der Waals surface area contributed by atoms with E-state index in [4.69, 9.17) is 9.47 Å². The molecule has 0 spiro atoms. The molecule has 0 heterocycles. The maximum atomic E-state index is 12.4. The molecule has 0 aromatic heterocycles. The van der Waals surface area contributed by atoms with Crippen molar-refractivity contribution in [1.82, 2.24) is 5.32 Å².